The lowest BCUT2D eigenvalue weighted by Crippen LogP contribution is -2.23. The molecule has 0 aliphatic rings. The summed E-state index contributed by atoms with van der Waals surface area (Å²) in [4.78, 5) is 7.13. The number of halogens is 2. The van der Waals surface area contributed by atoms with Crippen LogP contribution in [0.5, 0.6) is 0 Å². The number of alkyl halides is 2. The quantitative estimate of drug-likeness (QED) is 0.797. The van der Waals surface area contributed by atoms with Crippen molar-refractivity contribution in [3.8, 4) is 0 Å². The van der Waals surface area contributed by atoms with E-state index in [1.54, 1.807) is 7.05 Å². The third kappa shape index (κ3) is 5.40. The molecule has 1 aromatic rings. The first kappa shape index (κ1) is 16.3. The summed E-state index contributed by atoms with van der Waals surface area (Å²) in [6.45, 7) is 7.79. The Bertz CT molecular complexity index is 380. The zero-order valence-electron chi connectivity index (χ0n) is 12.0. The van der Waals surface area contributed by atoms with Gasteiger partial charge in [0.25, 0.3) is 6.43 Å². The number of aryl methyl sites for hydroxylation is 1. The van der Waals surface area contributed by atoms with Gasteiger partial charge in [-0.15, -0.1) is 11.3 Å². The van der Waals surface area contributed by atoms with Gasteiger partial charge in [0, 0.05) is 18.5 Å². The molecule has 1 rings (SSSR count). The normalized spacial score (nSPS) is 11.6. The van der Waals surface area contributed by atoms with Crippen LogP contribution in [0.3, 0.4) is 0 Å². The highest BCUT2D eigenvalue weighted by Gasteiger charge is 2.15. The molecule has 1 aromatic heterocycles. The van der Waals surface area contributed by atoms with Gasteiger partial charge < -0.3 is 10.2 Å². The van der Waals surface area contributed by atoms with Crippen LogP contribution >= 0.6 is 11.3 Å². The monoisotopic (exact) mass is 291 g/mol. The summed E-state index contributed by atoms with van der Waals surface area (Å²) in [6, 6.07) is 0. The first-order valence-electron chi connectivity index (χ1n) is 6.62. The average molecular weight is 291 g/mol. The Labute approximate surface area is 118 Å². The van der Waals surface area contributed by atoms with E-state index >= 15 is 0 Å². The van der Waals surface area contributed by atoms with Crippen molar-refractivity contribution in [1.82, 2.24) is 10.3 Å². The van der Waals surface area contributed by atoms with E-state index in [2.05, 4.69) is 24.1 Å². The number of aromatic nitrogens is 1. The van der Waals surface area contributed by atoms with E-state index in [0.29, 0.717) is 11.0 Å². The van der Waals surface area contributed by atoms with Crippen molar-refractivity contribution < 1.29 is 8.78 Å². The molecule has 1 N–H and O–H groups in total. The van der Waals surface area contributed by atoms with Gasteiger partial charge in [0.05, 0.1) is 12.2 Å². The Morgan fingerprint density at radius 1 is 1.37 bits per heavy atom. The van der Waals surface area contributed by atoms with Crippen molar-refractivity contribution in [3.63, 3.8) is 0 Å². The van der Waals surface area contributed by atoms with Gasteiger partial charge >= 0.3 is 0 Å². The molecular formula is C13H23F2N3S. The number of thiazole rings is 1. The van der Waals surface area contributed by atoms with Crippen LogP contribution in [0.25, 0.3) is 0 Å². The lowest BCUT2D eigenvalue weighted by Gasteiger charge is -2.14. The van der Waals surface area contributed by atoms with Gasteiger partial charge in [-0.3, -0.25) is 0 Å². The van der Waals surface area contributed by atoms with Gasteiger partial charge in [0.2, 0.25) is 0 Å². The van der Waals surface area contributed by atoms with Gasteiger partial charge in [-0.05, 0) is 18.9 Å². The molecule has 6 heteroatoms. The maximum absolute atomic E-state index is 12.4. The molecule has 19 heavy (non-hydrogen) atoms. The minimum absolute atomic E-state index is 0.268. The second kappa shape index (κ2) is 7.75. The van der Waals surface area contributed by atoms with Crippen LogP contribution in [0.4, 0.5) is 13.9 Å². The summed E-state index contributed by atoms with van der Waals surface area (Å²) in [7, 11) is 1.66. The largest absolute Gasteiger partial charge is 0.345 e. The standard InChI is InChI=1S/C13H23F2N3S/c1-5-10-11(7-16-6-9(2)3)19-13(17-10)18(4)8-12(14)15/h9,12,16H,5-8H2,1-4H3. The first-order chi connectivity index (χ1) is 8.93. The fourth-order valence-electron chi connectivity index (χ4n) is 1.71. The molecule has 3 nitrogen and oxygen atoms in total. The number of hydrogen-bond donors (Lipinski definition) is 1. The van der Waals surface area contributed by atoms with Crippen molar-refractivity contribution in [2.45, 2.75) is 40.2 Å². The highest BCUT2D eigenvalue weighted by molar-refractivity contribution is 7.15. The molecule has 0 aromatic carbocycles. The third-order valence-electron chi connectivity index (χ3n) is 2.68. The van der Waals surface area contributed by atoms with Gasteiger partial charge in [-0.1, -0.05) is 20.8 Å². The van der Waals surface area contributed by atoms with E-state index in [0.717, 1.165) is 30.1 Å². The van der Waals surface area contributed by atoms with Crippen molar-refractivity contribution in [1.29, 1.82) is 0 Å². The molecule has 0 saturated carbocycles. The van der Waals surface area contributed by atoms with E-state index < -0.39 is 6.43 Å². The fourth-order valence-corrected chi connectivity index (χ4v) is 2.80. The predicted molar refractivity (Wildman–Crippen MR) is 77.3 cm³/mol. The highest BCUT2D eigenvalue weighted by Crippen LogP contribution is 2.26. The smallest absolute Gasteiger partial charge is 0.255 e. The van der Waals surface area contributed by atoms with Crippen LogP contribution in [0.2, 0.25) is 0 Å². The summed E-state index contributed by atoms with van der Waals surface area (Å²) < 4.78 is 24.7. The molecule has 0 atom stereocenters. The topological polar surface area (TPSA) is 28.2 Å². The van der Waals surface area contributed by atoms with Crippen LogP contribution in [0.1, 0.15) is 31.3 Å². The summed E-state index contributed by atoms with van der Waals surface area (Å²) in [5, 5.41) is 4.05. The fraction of sp³-hybridized carbons (Fsp3) is 0.769. The Kier molecular flexibility index (Phi) is 6.65. The molecule has 0 bridgehead atoms. The minimum Gasteiger partial charge on any atom is -0.345 e. The Morgan fingerprint density at radius 3 is 2.58 bits per heavy atom. The molecule has 0 aliphatic carbocycles. The number of nitrogens with one attached hydrogen (secondary N) is 1. The van der Waals surface area contributed by atoms with Crippen LogP contribution in [-0.4, -0.2) is 31.5 Å². The lowest BCUT2D eigenvalue weighted by atomic mass is 10.2. The summed E-state index contributed by atoms with van der Waals surface area (Å²) >= 11 is 1.50. The molecule has 0 unspecified atom stereocenters. The van der Waals surface area contributed by atoms with Crippen molar-refractivity contribution in [2.75, 3.05) is 25.0 Å². The second-order valence-corrected chi connectivity index (χ2v) is 6.08. The van der Waals surface area contributed by atoms with Crippen LogP contribution in [0, 0.1) is 5.92 Å². The first-order valence-corrected chi connectivity index (χ1v) is 7.44. The van der Waals surface area contributed by atoms with Crippen LogP contribution < -0.4 is 10.2 Å². The van der Waals surface area contributed by atoms with E-state index in [9.17, 15) is 8.78 Å². The maximum atomic E-state index is 12.4. The maximum Gasteiger partial charge on any atom is 0.255 e. The zero-order chi connectivity index (χ0) is 14.4. The minimum atomic E-state index is -2.33. The Hall–Kier alpha value is -0.750. The molecule has 1 heterocycles. The molecule has 0 aliphatic heterocycles. The number of anilines is 1. The summed E-state index contributed by atoms with van der Waals surface area (Å²) in [6.07, 6.45) is -1.50. The highest BCUT2D eigenvalue weighted by atomic mass is 32.1. The summed E-state index contributed by atoms with van der Waals surface area (Å²) in [5.74, 6) is 0.596. The molecule has 0 radical (unpaired) electrons. The van der Waals surface area contributed by atoms with Crippen molar-refractivity contribution in [2.24, 2.45) is 5.92 Å². The van der Waals surface area contributed by atoms with E-state index in [-0.39, 0.29) is 6.54 Å². The number of rotatable bonds is 8. The molecule has 0 spiro atoms. The summed E-state index contributed by atoms with van der Waals surface area (Å²) in [5.41, 5.74) is 1.01. The molecule has 0 fully saturated rings. The molecule has 0 amide bonds. The molecule has 0 saturated heterocycles. The van der Waals surface area contributed by atoms with Crippen molar-refractivity contribution in [3.05, 3.63) is 10.6 Å². The Balaban J connectivity index is 2.68. The van der Waals surface area contributed by atoms with Crippen LogP contribution in [-0.2, 0) is 13.0 Å². The van der Waals surface area contributed by atoms with Crippen molar-refractivity contribution >= 4 is 16.5 Å². The average Bonchev–Trinajstić information content (AvgIpc) is 2.71. The number of nitrogens with zero attached hydrogens (tertiary/aromatic N) is 2. The molecule has 110 valence electrons. The van der Waals surface area contributed by atoms with Gasteiger partial charge in [-0.25, -0.2) is 13.8 Å². The van der Waals surface area contributed by atoms with Gasteiger partial charge in [-0.2, -0.15) is 0 Å². The lowest BCUT2D eigenvalue weighted by molar-refractivity contribution is 0.156. The van der Waals surface area contributed by atoms with E-state index in [1.165, 1.54) is 16.2 Å². The SMILES string of the molecule is CCc1nc(N(C)CC(F)F)sc1CNCC(C)C. The van der Waals surface area contributed by atoms with E-state index in [1.807, 2.05) is 6.92 Å². The van der Waals surface area contributed by atoms with Gasteiger partial charge in [0.1, 0.15) is 0 Å². The second-order valence-electron chi connectivity index (χ2n) is 5.02. The van der Waals surface area contributed by atoms with Crippen LogP contribution in [0.15, 0.2) is 0 Å². The number of hydrogen-bond acceptors (Lipinski definition) is 4. The Morgan fingerprint density at radius 2 is 2.05 bits per heavy atom. The zero-order valence-corrected chi connectivity index (χ0v) is 12.9. The predicted octanol–water partition coefficient (Wildman–Crippen LogP) is 3.15. The van der Waals surface area contributed by atoms with E-state index in [4.69, 9.17) is 0 Å². The third-order valence-corrected chi connectivity index (χ3v) is 3.89. The molecular weight excluding hydrogens is 268 g/mol. The van der Waals surface area contributed by atoms with Gasteiger partial charge in [0.15, 0.2) is 5.13 Å².